The number of ether oxygens (including phenoxy) is 1. The summed E-state index contributed by atoms with van der Waals surface area (Å²) in [6.07, 6.45) is 0. The number of benzene rings is 1. The zero-order valence-electron chi connectivity index (χ0n) is 10.9. The van der Waals surface area contributed by atoms with Gasteiger partial charge >= 0.3 is 0 Å². The van der Waals surface area contributed by atoms with Crippen LogP contribution in [0, 0.1) is 0 Å². The van der Waals surface area contributed by atoms with E-state index in [2.05, 4.69) is 0 Å². The van der Waals surface area contributed by atoms with E-state index in [4.69, 9.17) is 9.15 Å². The predicted molar refractivity (Wildman–Crippen MR) is 75.1 cm³/mol. The van der Waals surface area contributed by atoms with Gasteiger partial charge in [-0.1, -0.05) is 0 Å². The number of phenols is 1. The standard InChI is InChI=1S/C15H15NO4/c17-12-3-1-11(2-4-12)14-9-13(18)10-15(20-14)16-5-7-19-8-6-16/h1-4,9-10,17H,5-8H2. The van der Waals surface area contributed by atoms with Crippen LogP contribution < -0.4 is 10.3 Å². The second kappa shape index (κ2) is 5.38. The molecule has 1 fully saturated rings. The topological polar surface area (TPSA) is 62.9 Å². The highest BCUT2D eigenvalue weighted by Gasteiger charge is 2.15. The summed E-state index contributed by atoms with van der Waals surface area (Å²) in [5.74, 6) is 1.24. The Kier molecular flexibility index (Phi) is 3.43. The Hall–Kier alpha value is -2.27. The smallest absolute Gasteiger partial charge is 0.200 e. The minimum atomic E-state index is -0.0965. The van der Waals surface area contributed by atoms with Crippen LogP contribution in [0.2, 0.25) is 0 Å². The number of aromatic hydroxyl groups is 1. The molecule has 0 amide bonds. The molecule has 1 aromatic heterocycles. The van der Waals surface area contributed by atoms with Crippen molar-refractivity contribution in [1.29, 1.82) is 0 Å². The van der Waals surface area contributed by atoms with Crippen molar-refractivity contribution < 1.29 is 14.3 Å². The molecule has 1 aliphatic rings. The number of nitrogens with zero attached hydrogens (tertiary/aromatic N) is 1. The monoisotopic (exact) mass is 273 g/mol. The highest BCUT2D eigenvalue weighted by molar-refractivity contribution is 5.59. The van der Waals surface area contributed by atoms with Crippen molar-refractivity contribution in [2.24, 2.45) is 0 Å². The van der Waals surface area contributed by atoms with E-state index in [1.165, 1.54) is 12.1 Å². The number of hydrogen-bond acceptors (Lipinski definition) is 5. The number of morpholine rings is 1. The van der Waals surface area contributed by atoms with Gasteiger partial charge in [0.25, 0.3) is 0 Å². The van der Waals surface area contributed by atoms with Crippen LogP contribution >= 0.6 is 0 Å². The maximum atomic E-state index is 11.8. The fraction of sp³-hybridized carbons (Fsp3) is 0.267. The number of anilines is 1. The van der Waals surface area contributed by atoms with Crippen LogP contribution in [0.1, 0.15) is 0 Å². The minimum absolute atomic E-state index is 0.0965. The molecule has 5 nitrogen and oxygen atoms in total. The predicted octanol–water partition coefficient (Wildman–Crippen LogP) is 1.85. The van der Waals surface area contributed by atoms with E-state index < -0.39 is 0 Å². The van der Waals surface area contributed by atoms with Crippen LogP contribution in [0.25, 0.3) is 11.3 Å². The van der Waals surface area contributed by atoms with E-state index >= 15 is 0 Å². The van der Waals surface area contributed by atoms with Crippen LogP contribution in [0.3, 0.4) is 0 Å². The number of phenolic OH excluding ortho intramolecular Hbond substituents is 1. The lowest BCUT2D eigenvalue weighted by Gasteiger charge is -2.27. The Morgan fingerprint density at radius 2 is 1.75 bits per heavy atom. The number of hydrogen-bond donors (Lipinski definition) is 1. The van der Waals surface area contributed by atoms with Crippen molar-refractivity contribution in [3.8, 4) is 17.1 Å². The van der Waals surface area contributed by atoms with E-state index in [-0.39, 0.29) is 11.2 Å². The molecule has 0 bridgehead atoms. The van der Waals surface area contributed by atoms with Crippen molar-refractivity contribution in [3.05, 3.63) is 46.6 Å². The van der Waals surface area contributed by atoms with Gasteiger partial charge in [0, 0.05) is 30.8 Å². The van der Waals surface area contributed by atoms with Crippen molar-refractivity contribution in [3.63, 3.8) is 0 Å². The first-order chi connectivity index (χ1) is 9.72. The average Bonchev–Trinajstić information content (AvgIpc) is 2.48. The molecule has 0 atom stereocenters. The molecule has 1 N–H and O–H groups in total. The zero-order valence-corrected chi connectivity index (χ0v) is 10.9. The molecule has 5 heteroatoms. The van der Waals surface area contributed by atoms with Gasteiger partial charge in [0.2, 0.25) is 0 Å². The number of rotatable bonds is 2. The third kappa shape index (κ3) is 2.67. The lowest BCUT2D eigenvalue weighted by atomic mass is 10.1. The summed E-state index contributed by atoms with van der Waals surface area (Å²) in [6.45, 7) is 2.68. The van der Waals surface area contributed by atoms with Crippen molar-refractivity contribution in [2.45, 2.75) is 0 Å². The molecule has 104 valence electrons. The average molecular weight is 273 g/mol. The molecule has 0 spiro atoms. The van der Waals surface area contributed by atoms with Gasteiger partial charge in [0.1, 0.15) is 11.5 Å². The maximum Gasteiger partial charge on any atom is 0.200 e. The van der Waals surface area contributed by atoms with Gasteiger partial charge in [-0.05, 0) is 24.3 Å². The molecule has 3 rings (SSSR count). The molecule has 2 heterocycles. The van der Waals surface area contributed by atoms with Gasteiger partial charge in [-0.15, -0.1) is 0 Å². The van der Waals surface area contributed by atoms with Gasteiger partial charge in [0.05, 0.1) is 13.2 Å². The van der Waals surface area contributed by atoms with E-state index in [1.807, 2.05) is 4.90 Å². The highest BCUT2D eigenvalue weighted by atomic mass is 16.5. The van der Waals surface area contributed by atoms with Crippen LogP contribution in [0.5, 0.6) is 5.75 Å². The lowest BCUT2D eigenvalue weighted by Crippen LogP contribution is -2.36. The molecule has 2 aromatic rings. The van der Waals surface area contributed by atoms with Gasteiger partial charge in [-0.25, -0.2) is 0 Å². The Morgan fingerprint density at radius 1 is 1.05 bits per heavy atom. The highest BCUT2D eigenvalue weighted by Crippen LogP contribution is 2.25. The molecule has 20 heavy (non-hydrogen) atoms. The molecular weight excluding hydrogens is 258 g/mol. The summed E-state index contributed by atoms with van der Waals surface area (Å²) in [5, 5.41) is 9.30. The molecular formula is C15H15NO4. The molecule has 1 saturated heterocycles. The summed E-state index contributed by atoms with van der Waals surface area (Å²) in [4.78, 5) is 13.8. The zero-order chi connectivity index (χ0) is 13.9. The fourth-order valence-electron chi connectivity index (χ4n) is 2.17. The van der Waals surface area contributed by atoms with Gasteiger partial charge < -0.3 is 19.2 Å². The summed E-state index contributed by atoms with van der Waals surface area (Å²) in [5.41, 5.74) is 0.663. The van der Waals surface area contributed by atoms with Crippen LogP contribution in [0.4, 0.5) is 5.88 Å². The Labute approximate surface area is 116 Å². The van der Waals surface area contributed by atoms with Gasteiger partial charge in [0.15, 0.2) is 11.3 Å². The van der Waals surface area contributed by atoms with Crippen molar-refractivity contribution >= 4 is 5.88 Å². The maximum absolute atomic E-state index is 11.8. The van der Waals surface area contributed by atoms with E-state index in [0.29, 0.717) is 37.9 Å². The second-order valence-corrected chi connectivity index (χ2v) is 4.64. The molecule has 1 aliphatic heterocycles. The van der Waals surface area contributed by atoms with Crippen LogP contribution in [-0.4, -0.2) is 31.4 Å². The molecule has 0 unspecified atom stereocenters. The van der Waals surface area contributed by atoms with Crippen LogP contribution in [-0.2, 0) is 4.74 Å². The molecule has 0 aliphatic carbocycles. The summed E-state index contributed by atoms with van der Waals surface area (Å²) in [6, 6.07) is 9.52. The van der Waals surface area contributed by atoms with Crippen LogP contribution in [0.15, 0.2) is 45.6 Å². The van der Waals surface area contributed by atoms with E-state index in [1.54, 1.807) is 24.3 Å². The second-order valence-electron chi connectivity index (χ2n) is 4.64. The summed E-state index contributed by atoms with van der Waals surface area (Å²) in [7, 11) is 0. The SMILES string of the molecule is O=c1cc(-c2ccc(O)cc2)oc(N2CCOCC2)c1. The summed E-state index contributed by atoms with van der Waals surface area (Å²) >= 11 is 0. The third-order valence-corrected chi connectivity index (χ3v) is 3.23. The third-order valence-electron chi connectivity index (χ3n) is 3.23. The summed E-state index contributed by atoms with van der Waals surface area (Å²) < 4.78 is 11.1. The Morgan fingerprint density at radius 3 is 2.45 bits per heavy atom. The van der Waals surface area contributed by atoms with Gasteiger partial charge in [-0.3, -0.25) is 4.79 Å². The van der Waals surface area contributed by atoms with Gasteiger partial charge in [-0.2, -0.15) is 0 Å². The quantitative estimate of drug-likeness (QED) is 0.904. The fourth-order valence-corrected chi connectivity index (χ4v) is 2.17. The lowest BCUT2D eigenvalue weighted by molar-refractivity contribution is 0.120. The normalized spacial score (nSPS) is 15.3. The molecule has 0 saturated carbocycles. The van der Waals surface area contributed by atoms with E-state index in [0.717, 1.165) is 5.56 Å². The first kappa shape index (κ1) is 12.7. The Bertz CT molecular complexity index is 642. The largest absolute Gasteiger partial charge is 0.508 e. The first-order valence-corrected chi connectivity index (χ1v) is 6.50. The first-order valence-electron chi connectivity index (χ1n) is 6.50. The molecule has 1 aromatic carbocycles. The molecule has 0 radical (unpaired) electrons. The van der Waals surface area contributed by atoms with Crippen molar-refractivity contribution in [2.75, 3.05) is 31.2 Å². The van der Waals surface area contributed by atoms with Crippen molar-refractivity contribution in [1.82, 2.24) is 0 Å². The van der Waals surface area contributed by atoms with E-state index in [9.17, 15) is 9.90 Å². The minimum Gasteiger partial charge on any atom is -0.508 e. The Balaban J connectivity index is 1.97.